The first kappa shape index (κ1) is 16.4. The van der Waals surface area contributed by atoms with Crippen LogP contribution in [0.25, 0.3) is 0 Å². The van der Waals surface area contributed by atoms with Crippen LogP contribution in [0.3, 0.4) is 0 Å². The maximum Gasteiger partial charge on any atom is 0.120 e. The summed E-state index contributed by atoms with van der Waals surface area (Å²) in [5, 5.41) is 0. The van der Waals surface area contributed by atoms with Crippen LogP contribution >= 0.6 is 11.8 Å². The van der Waals surface area contributed by atoms with Gasteiger partial charge in [0.2, 0.25) is 0 Å². The third-order valence-electron chi connectivity index (χ3n) is 4.62. The minimum atomic E-state index is 0.455. The number of ether oxygens (including phenoxy) is 1. The van der Waals surface area contributed by atoms with Crippen molar-refractivity contribution in [1.29, 1.82) is 0 Å². The van der Waals surface area contributed by atoms with E-state index in [1.54, 1.807) is 0 Å². The van der Waals surface area contributed by atoms with Crippen molar-refractivity contribution in [1.82, 2.24) is 0 Å². The fourth-order valence-electron chi connectivity index (χ4n) is 3.29. The first-order valence-corrected chi connectivity index (χ1v) is 9.57. The molecule has 122 valence electrons. The molecule has 1 atom stereocenters. The van der Waals surface area contributed by atoms with E-state index in [0.717, 1.165) is 12.3 Å². The monoisotopic (exact) mass is 327 g/mol. The number of thioether (sulfide) groups is 1. The van der Waals surface area contributed by atoms with E-state index in [1.165, 1.54) is 35.5 Å². The Hall–Kier alpha value is -1.45. The van der Waals surface area contributed by atoms with E-state index in [1.807, 2.05) is 24.3 Å². The molecule has 2 aromatic rings. The van der Waals surface area contributed by atoms with Crippen LogP contribution in [0.2, 0.25) is 0 Å². The Morgan fingerprint density at radius 2 is 1.83 bits per heavy atom. The third kappa shape index (κ3) is 4.52. The Balaban J connectivity index is 1.68. The number of rotatable bonds is 6. The van der Waals surface area contributed by atoms with Gasteiger partial charge in [-0.3, -0.25) is 0 Å². The molecule has 3 rings (SSSR count). The van der Waals surface area contributed by atoms with E-state index in [0.29, 0.717) is 18.4 Å². The number of benzene rings is 2. The lowest BCUT2D eigenvalue weighted by molar-refractivity contribution is 0.305. The van der Waals surface area contributed by atoms with Gasteiger partial charge in [0.1, 0.15) is 12.4 Å². The van der Waals surface area contributed by atoms with Crippen LogP contribution in [-0.4, -0.2) is 18.1 Å². The quantitative estimate of drug-likeness (QED) is 0.851. The Kier molecular flexibility index (Phi) is 6.00. The van der Waals surface area contributed by atoms with Gasteiger partial charge in [0, 0.05) is 0 Å². The number of hydrogen-bond acceptors (Lipinski definition) is 3. The molecule has 1 unspecified atom stereocenters. The van der Waals surface area contributed by atoms with Crippen molar-refractivity contribution >= 4 is 11.8 Å². The van der Waals surface area contributed by atoms with Gasteiger partial charge >= 0.3 is 0 Å². The topological polar surface area (TPSA) is 35.2 Å². The molecule has 0 saturated carbocycles. The van der Waals surface area contributed by atoms with Crippen molar-refractivity contribution in [2.45, 2.75) is 25.4 Å². The average molecular weight is 327 g/mol. The molecule has 1 aliphatic rings. The van der Waals surface area contributed by atoms with Crippen LogP contribution in [0.1, 0.15) is 29.9 Å². The molecule has 0 aliphatic carbocycles. The second kappa shape index (κ2) is 8.42. The maximum absolute atomic E-state index is 6.10. The van der Waals surface area contributed by atoms with E-state index in [2.05, 4.69) is 42.1 Å². The summed E-state index contributed by atoms with van der Waals surface area (Å²) in [5.74, 6) is 4.65. The molecule has 1 fully saturated rings. The molecular weight excluding hydrogens is 302 g/mol. The van der Waals surface area contributed by atoms with Crippen molar-refractivity contribution in [3.05, 3.63) is 65.7 Å². The van der Waals surface area contributed by atoms with E-state index < -0.39 is 0 Å². The Morgan fingerprint density at radius 3 is 2.57 bits per heavy atom. The lowest BCUT2D eigenvalue weighted by atomic mass is 9.82. The molecule has 3 heteroatoms. The number of hydrogen-bond donors (Lipinski definition) is 1. The first-order valence-electron chi connectivity index (χ1n) is 8.41. The smallest absolute Gasteiger partial charge is 0.120 e. The lowest BCUT2D eigenvalue weighted by Gasteiger charge is -2.29. The van der Waals surface area contributed by atoms with Gasteiger partial charge in [0.25, 0.3) is 0 Å². The van der Waals surface area contributed by atoms with Gasteiger partial charge in [0.15, 0.2) is 0 Å². The molecule has 0 amide bonds. The fraction of sp³-hybridized carbons (Fsp3) is 0.400. The summed E-state index contributed by atoms with van der Waals surface area (Å²) in [7, 11) is 0. The molecule has 0 aromatic heterocycles. The Labute approximate surface area is 143 Å². The average Bonchev–Trinajstić information content (AvgIpc) is 2.63. The van der Waals surface area contributed by atoms with Crippen LogP contribution in [0.15, 0.2) is 54.6 Å². The molecule has 1 aliphatic heterocycles. The first-order chi connectivity index (χ1) is 11.4. The van der Waals surface area contributed by atoms with Gasteiger partial charge in [-0.1, -0.05) is 42.5 Å². The van der Waals surface area contributed by atoms with E-state index in [9.17, 15) is 0 Å². The van der Waals surface area contributed by atoms with Crippen LogP contribution in [0.5, 0.6) is 5.75 Å². The van der Waals surface area contributed by atoms with Crippen LogP contribution in [-0.2, 0) is 6.61 Å². The van der Waals surface area contributed by atoms with E-state index in [-0.39, 0.29) is 0 Å². The summed E-state index contributed by atoms with van der Waals surface area (Å²) >= 11 is 2.07. The minimum absolute atomic E-state index is 0.455. The fourth-order valence-corrected chi connectivity index (χ4v) is 4.44. The largest absolute Gasteiger partial charge is 0.489 e. The van der Waals surface area contributed by atoms with Gasteiger partial charge in [-0.15, -0.1) is 0 Å². The Bertz CT molecular complexity index is 596. The summed E-state index contributed by atoms with van der Waals surface area (Å²) in [4.78, 5) is 0. The number of nitrogens with two attached hydrogens (primary N) is 1. The highest BCUT2D eigenvalue weighted by Crippen LogP contribution is 2.35. The molecule has 1 saturated heterocycles. The van der Waals surface area contributed by atoms with Gasteiger partial charge in [-0.05, 0) is 66.0 Å². The summed E-state index contributed by atoms with van der Waals surface area (Å²) < 4.78 is 5.97. The summed E-state index contributed by atoms with van der Waals surface area (Å²) in [5.41, 5.74) is 8.62. The molecule has 1 heterocycles. The summed E-state index contributed by atoms with van der Waals surface area (Å²) in [6.07, 6.45) is 2.56. The summed E-state index contributed by atoms with van der Waals surface area (Å²) in [6.45, 7) is 1.33. The minimum Gasteiger partial charge on any atom is -0.489 e. The standard InChI is InChI=1S/C20H25NOS/c21-14-20(17-9-11-23-12-10-17)18-7-4-8-19(13-18)22-15-16-5-2-1-3-6-16/h1-8,13,17,20H,9-12,14-15,21H2. The molecule has 2 N–H and O–H groups in total. The highest BCUT2D eigenvalue weighted by atomic mass is 32.2. The zero-order valence-electron chi connectivity index (χ0n) is 13.5. The van der Waals surface area contributed by atoms with Crippen molar-refractivity contribution in [3.8, 4) is 5.75 Å². The van der Waals surface area contributed by atoms with Gasteiger partial charge in [-0.25, -0.2) is 0 Å². The van der Waals surface area contributed by atoms with Crippen molar-refractivity contribution in [2.24, 2.45) is 11.7 Å². The van der Waals surface area contributed by atoms with Crippen molar-refractivity contribution in [3.63, 3.8) is 0 Å². The molecule has 0 spiro atoms. The molecule has 2 nitrogen and oxygen atoms in total. The third-order valence-corrected chi connectivity index (χ3v) is 5.67. The van der Waals surface area contributed by atoms with Gasteiger partial charge in [-0.2, -0.15) is 11.8 Å². The van der Waals surface area contributed by atoms with Crippen molar-refractivity contribution < 1.29 is 4.74 Å². The van der Waals surface area contributed by atoms with Gasteiger partial charge < -0.3 is 10.5 Å². The second-order valence-electron chi connectivity index (χ2n) is 6.14. The van der Waals surface area contributed by atoms with Crippen molar-refractivity contribution in [2.75, 3.05) is 18.1 Å². The lowest BCUT2D eigenvalue weighted by Crippen LogP contribution is -2.24. The second-order valence-corrected chi connectivity index (χ2v) is 7.36. The van der Waals surface area contributed by atoms with Crippen LogP contribution < -0.4 is 10.5 Å². The molecule has 23 heavy (non-hydrogen) atoms. The van der Waals surface area contributed by atoms with Gasteiger partial charge in [0.05, 0.1) is 0 Å². The van der Waals surface area contributed by atoms with Crippen LogP contribution in [0.4, 0.5) is 0 Å². The molecule has 2 aromatic carbocycles. The highest BCUT2D eigenvalue weighted by Gasteiger charge is 2.24. The highest BCUT2D eigenvalue weighted by molar-refractivity contribution is 7.99. The van der Waals surface area contributed by atoms with Crippen LogP contribution in [0, 0.1) is 5.92 Å². The molecular formula is C20H25NOS. The van der Waals surface area contributed by atoms with E-state index in [4.69, 9.17) is 10.5 Å². The SMILES string of the molecule is NCC(c1cccc(OCc2ccccc2)c1)C1CCSCC1. The maximum atomic E-state index is 6.10. The normalized spacial score (nSPS) is 16.9. The zero-order chi connectivity index (χ0) is 15.9. The predicted molar refractivity (Wildman–Crippen MR) is 99.1 cm³/mol. The zero-order valence-corrected chi connectivity index (χ0v) is 14.3. The summed E-state index contributed by atoms with van der Waals surface area (Å²) in [6, 6.07) is 18.8. The molecule has 0 bridgehead atoms. The molecule has 0 radical (unpaired) electrons. The predicted octanol–water partition coefficient (Wildman–Crippen LogP) is 4.45. The Morgan fingerprint density at radius 1 is 1.04 bits per heavy atom. The van der Waals surface area contributed by atoms with E-state index >= 15 is 0 Å².